The van der Waals surface area contributed by atoms with Crippen molar-refractivity contribution in [3.05, 3.63) is 47.9 Å². The first kappa shape index (κ1) is 10.4. The lowest BCUT2D eigenvalue weighted by atomic mass is 10.2. The molecule has 1 N–H and O–H groups in total. The Bertz CT molecular complexity index is 753. The minimum atomic E-state index is -0.387. The molecule has 0 radical (unpaired) electrons. The Balaban J connectivity index is 2.13. The summed E-state index contributed by atoms with van der Waals surface area (Å²) in [7, 11) is 0. The molecule has 0 amide bonds. The summed E-state index contributed by atoms with van der Waals surface area (Å²) in [5.74, 6) is 0.168. The van der Waals surface area contributed by atoms with Crippen LogP contribution in [0.15, 0.2) is 36.5 Å². The van der Waals surface area contributed by atoms with Crippen molar-refractivity contribution in [2.75, 3.05) is 0 Å². The highest BCUT2D eigenvalue weighted by atomic mass is 19.1. The third kappa shape index (κ3) is 1.70. The van der Waals surface area contributed by atoms with Crippen LogP contribution in [0.3, 0.4) is 0 Å². The number of imidazole rings is 1. The Morgan fingerprint density at radius 2 is 2.11 bits per heavy atom. The average Bonchev–Trinajstić information content (AvgIpc) is 2.82. The minimum absolute atomic E-state index is 0.387. The van der Waals surface area contributed by atoms with E-state index < -0.39 is 0 Å². The van der Waals surface area contributed by atoms with Crippen LogP contribution in [0.1, 0.15) is 5.56 Å². The Labute approximate surface area is 102 Å². The SMILES string of the molecule is N#Cc1ccc2nc(-c3ccc(F)cn3)[nH]c2c1. The van der Waals surface area contributed by atoms with Gasteiger partial charge in [-0.25, -0.2) is 14.4 Å². The summed E-state index contributed by atoms with van der Waals surface area (Å²) >= 11 is 0. The quantitative estimate of drug-likeness (QED) is 0.708. The molecule has 86 valence electrons. The zero-order valence-electron chi connectivity index (χ0n) is 9.18. The number of nitrogens with zero attached hydrogens (tertiary/aromatic N) is 3. The maximum absolute atomic E-state index is 12.8. The highest BCUT2D eigenvalue weighted by Gasteiger charge is 2.07. The van der Waals surface area contributed by atoms with Crippen molar-refractivity contribution in [2.24, 2.45) is 0 Å². The van der Waals surface area contributed by atoms with Crippen LogP contribution >= 0.6 is 0 Å². The number of hydrogen-bond acceptors (Lipinski definition) is 3. The zero-order valence-corrected chi connectivity index (χ0v) is 9.18. The number of benzene rings is 1. The lowest BCUT2D eigenvalue weighted by Gasteiger charge is -1.93. The van der Waals surface area contributed by atoms with Gasteiger partial charge in [0.2, 0.25) is 0 Å². The highest BCUT2D eigenvalue weighted by Crippen LogP contribution is 2.19. The van der Waals surface area contributed by atoms with Gasteiger partial charge in [-0.2, -0.15) is 5.26 Å². The molecule has 0 saturated heterocycles. The molecule has 0 unspecified atom stereocenters. The molecule has 5 heteroatoms. The molecule has 2 heterocycles. The summed E-state index contributed by atoms with van der Waals surface area (Å²) in [6.45, 7) is 0. The van der Waals surface area contributed by atoms with Crippen molar-refractivity contribution in [2.45, 2.75) is 0 Å². The van der Waals surface area contributed by atoms with Crippen LogP contribution in [0.4, 0.5) is 4.39 Å². The van der Waals surface area contributed by atoms with Crippen LogP contribution in [0.25, 0.3) is 22.6 Å². The van der Waals surface area contributed by atoms with E-state index in [1.54, 1.807) is 24.3 Å². The molecular weight excluding hydrogens is 231 g/mol. The van der Waals surface area contributed by atoms with Gasteiger partial charge in [0.15, 0.2) is 5.82 Å². The maximum atomic E-state index is 12.8. The normalized spacial score (nSPS) is 10.4. The first-order chi connectivity index (χ1) is 8.76. The molecule has 0 saturated carbocycles. The largest absolute Gasteiger partial charge is 0.337 e. The number of pyridine rings is 1. The fourth-order valence-corrected chi connectivity index (χ4v) is 1.72. The second-order valence-electron chi connectivity index (χ2n) is 3.79. The third-order valence-electron chi connectivity index (χ3n) is 2.58. The molecule has 0 bridgehead atoms. The molecule has 1 aromatic carbocycles. The van der Waals surface area contributed by atoms with Crippen LogP contribution in [-0.2, 0) is 0 Å². The molecule has 0 atom stereocenters. The van der Waals surface area contributed by atoms with Crippen molar-refractivity contribution in [3.8, 4) is 17.6 Å². The van der Waals surface area contributed by atoms with E-state index in [0.29, 0.717) is 17.1 Å². The summed E-state index contributed by atoms with van der Waals surface area (Å²) in [4.78, 5) is 11.3. The van der Waals surface area contributed by atoms with Crippen LogP contribution in [0, 0.1) is 17.1 Å². The van der Waals surface area contributed by atoms with E-state index in [1.165, 1.54) is 6.07 Å². The summed E-state index contributed by atoms with van der Waals surface area (Å²) < 4.78 is 12.8. The maximum Gasteiger partial charge on any atom is 0.157 e. The van der Waals surface area contributed by atoms with Crippen molar-refractivity contribution in [1.82, 2.24) is 15.0 Å². The van der Waals surface area contributed by atoms with E-state index in [1.807, 2.05) is 0 Å². The van der Waals surface area contributed by atoms with Crippen molar-refractivity contribution >= 4 is 11.0 Å². The Hall–Kier alpha value is -2.74. The number of aromatic amines is 1. The van der Waals surface area contributed by atoms with Crippen LogP contribution in [0.2, 0.25) is 0 Å². The van der Waals surface area contributed by atoms with Gasteiger partial charge in [-0.1, -0.05) is 0 Å². The number of nitriles is 1. The van der Waals surface area contributed by atoms with Crippen molar-refractivity contribution < 1.29 is 4.39 Å². The van der Waals surface area contributed by atoms with Gasteiger partial charge in [0, 0.05) is 0 Å². The van der Waals surface area contributed by atoms with E-state index in [9.17, 15) is 4.39 Å². The molecule has 2 aromatic heterocycles. The summed E-state index contributed by atoms with van der Waals surface area (Å²) in [5.41, 5.74) is 2.63. The fourth-order valence-electron chi connectivity index (χ4n) is 1.72. The fraction of sp³-hybridized carbons (Fsp3) is 0. The second-order valence-corrected chi connectivity index (χ2v) is 3.79. The molecular formula is C13H7FN4. The predicted molar refractivity (Wildman–Crippen MR) is 64.0 cm³/mol. The number of aromatic nitrogens is 3. The zero-order chi connectivity index (χ0) is 12.5. The molecule has 0 fully saturated rings. The number of nitrogens with one attached hydrogen (secondary N) is 1. The predicted octanol–water partition coefficient (Wildman–Crippen LogP) is 2.64. The van der Waals surface area contributed by atoms with E-state index in [-0.39, 0.29) is 5.82 Å². The van der Waals surface area contributed by atoms with Crippen LogP contribution in [-0.4, -0.2) is 15.0 Å². The number of halogens is 1. The van der Waals surface area contributed by atoms with Crippen molar-refractivity contribution in [1.29, 1.82) is 5.26 Å². The first-order valence-electron chi connectivity index (χ1n) is 5.28. The molecule has 0 spiro atoms. The second kappa shape index (κ2) is 3.93. The van der Waals surface area contributed by atoms with Gasteiger partial charge in [-0.05, 0) is 30.3 Å². The summed E-state index contributed by atoms with van der Waals surface area (Å²) in [6.07, 6.45) is 1.14. The van der Waals surface area contributed by atoms with Gasteiger partial charge >= 0.3 is 0 Å². The van der Waals surface area contributed by atoms with Crippen LogP contribution in [0.5, 0.6) is 0 Å². The Morgan fingerprint density at radius 1 is 1.22 bits per heavy atom. The number of H-pyrrole nitrogens is 1. The molecule has 0 aliphatic rings. The minimum Gasteiger partial charge on any atom is -0.337 e. The summed E-state index contributed by atoms with van der Waals surface area (Å²) in [6, 6.07) is 10.1. The molecule has 18 heavy (non-hydrogen) atoms. The molecule has 3 rings (SSSR count). The molecule has 0 aliphatic carbocycles. The summed E-state index contributed by atoms with van der Waals surface area (Å²) in [5, 5.41) is 8.81. The van der Waals surface area contributed by atoms with Gasteiger partial charge in [-0.15, -0.1) is 0 Å². The van der Waals surface area contributed by atoms with E-state index in [4.69, 9.17) is 5.26 Å². The van der Waals surface area contributed by atoms with Gasteiger partial charge in [0.25, 0.3) is 0 Å². The smallest absolute Gasteiger partial charge is 0.157 e. The third-order valence-corrected chi connectivity index (χ3v) is 2.58. The number of fused-ring (bicyclic) bond motifs is 1. The first-order valence-corrected chi connectivity index (χ1v) is 5.28. The molecule has 0 aliphatic heterocycles. The average molecular weight is 238 g/mol. The topological polar surface area (TPSA) is 65.4 Å². The van der Waals surface area contributed by atoms with Gasteiger partial charge in [0.1, 0.15) is 11.5 Å². The molecule has 4 nitrogen and oxygen atoms in total. The van der Waals surface area contributed by atoms with Crippen molar-refractivity contribution in [3.63, 3.8) is 0 Å². The highest BCUT2D eigenvalue weighted by molar-refractivity contribution is 5.80. The number of rotatable bonds is 1. The Kier molecular flexibility index (Phi) is 2.27. The molecule has 3 aromatic rings. The monoisotopic (exact) mass is 238 g/mol. The van der Waals surface area contributed by atoms with Gasteiger partial charge < -0.3 is 4.98 Å². The van der Waals surface area contributed by atoms with Crippen LogP contribution < -0.4 is 0 Å². The van der Waals surface area contributed by atoms with E-state index >= 15 is 0 Å². The van der Waals surface area contributed by atoms with Gasteiger partial charge in [0.05, 0.1) is 28.9 Å². The number of hydrogen-bond donors (Lipinski definition) is 1. The lowest BCUT2D eigenvalue weighted by Crippen LogP contribution is -1.85. The van der Waals surface area contributed by atoms with Gasteiger partial charge in [-0.3, -0.25) is 0 Å². The van der Waals surface area contributed by atoms with E-state index in [0.717, 1.165) is 17.2 Å². The standard InChI is InChI=1S/C13H7FN4/c14-9-2-4-11(16-7-9)13-17-10-3-1-8(6-15)5-12(10)18-13/h1-5,7H,(H,17,18). The Morgan fingerprint density at radius 3 is 2.83 bits per heavy atom. The van der Waals surface area contributed by atoms with E-state index in [2.05, 4.69) is 21.0 Å². The lowest BCUT2D eigenvalue weighted by molar-refractivity contribution is 0.621.